The average molecular weight is 703 g/mol. The summed E-state index contributed by atoms with van der Waals surface area (Å²) in [5.74, 6) is 0.178. The molecule has 4 bridgehead atoms. The number of hydrogen-bond acceptors (Lipinski definition) is 18. The Labute approximate surface area is 260 Å². The van der Waals surface area contributed by atoms with Crippen molar-refractivity contribution in [2.45, 2.75) is 49.1 Å². The summed E-state index contributed by atoms with van der Waals surface area (Å²) in [6, 6.07) is 0. The maximum absolute atomic E-state index is 13.8. The quantitative estimate of drug-likeness (QED) is 0.169. The summed E-state index contributed by atoms with van der Waals surface area (Å²) in [5, 5.41) is 22.5. The van der Waals surface area contributed by atoms with E-state index >= 15 is 0 Å². The van der Waals surface area contributed by atoms with E-state index in [2.05, 4.69) is 29.9 Å². The zero-order chi connectivity index (χ0) is 31.7. The van der Waals surface area contributed by atoms with Crippen molar-refractivity contribution >= 4 is 70.1 Å². The number of ether oxygens (including phenoxy) is 2. The predicted molar refractivity (Wildman–Crippen MR) is 158 cm³/mol. The number of rotatable bonds is 2. The van der Waals surface area contributed by atoms with E-state index in [0.717, 1.165) is 0 Å². The summed E-state index contributed by atoms with van der Waals surface area (Å²) in [7, 11) is 0.259. The number of imidazole rings is 2. The number of nitrogen functional groups attached to an aromatic ring is 2. The van der Waals surface area contributed by atoms with Crippen LogP contribution in [0, 0.1) is 5.69 Å². The van der Waals surface area contributed by atoms with Crippen molar-refractivity contribution in [3.63, 3.8) is 0 Å². The van der Waals surface area contributed by atoms with Crippen LogP contribution in [0.25, 0.3) is 22.3 Å². The molecule has 7 N–H and O–H groups in total. The molecule has 24 heteroatoms. The van der Waals surface area contributed by atoms with Gasteiger partial charge >= 0.3 is 13.5 Å². The molecule has 0 saturated carbocycles. The van der Waals surface area contributed by atoms with E-state index < -0.39 is 75.8 Å². The van der Waals surface area contributed by atoms with Gasteiger partial charge in [-0.3, -0.25) is 22.7 Å². The van der Waals surface area contributed by atoms with Crippen LogP contribution in [-0.4, -0.2) is 104 Å². The first-order valence-electron chi connectivity index (χ1n) is 13.0. The molecule has 4 aromatic heterocycles. The van der Waals surface area contributed by atoms with Crippen molar-refractivity contribution in [1.29, 1.82) is 0 Å². The number of aliphatic hydroxyl groups is 2. The van der Waals surface area contributed by atoms with Gasteiger partial charge < -0.3 is 40.6 Å². The van der Waals surface area contributed by atoms with Crippen LogP contribution in [0.15, 0.2) is 25.3 Å². The minimum atomic E-state index is -4.30. The zero-order valence-corrected chi connectivity index (χ0v) is 26.0. The summed E-state index contributed by atoms with van der Waals surface area (Å²) < 4.78 is 51.5. The molecule has 0 spiro atoms. The second-order valence-electron chi connectivity index (χ2n) is 10.0. The molecule has 3 aliphatic heterocycles. The van der Waals surface area contributed by atoms with Gasteiger partial charge in [0, 0.05) is 0 Å². The summed E-state index contributed by atoms with van der Waals surface area (Å²) in [5.41, 5.74) is 18.5. The molecule has 3 saturated heterocycles. The molecular weight excluding hydrogens is 678 g/mol. The Morgan fingerprint density at radius 3 is 1.84 bits per heavy atom. The van der Waals surface area contributed by atoms with Gasteiger partial charge in [-0.1, -0.05) is 5.69 Å². The van der Waals surface area contributed by atoms with Crippen LogP contribution in [0.3, 0.4) is 0 Å². The Morgan fingerprint density at radius 1 is 0.844 bits per heavy atom. The van der Waals surface area contributed by atoms with E-state index in [9.17, 15) is 19.7 Å². The van der Waals surface area contributed by atoms with Gasteiger partial charge in [-0.25, -0.2) is 34.5 Å². The van der Waals surface area contributed by atoms with Gasteiger partial charge in [0.25, 0.3) is 0 Å². The van der Waals surface area contributed by atoms with Crippen molar-refractivity contribution in [3.8, 4) is 5.69 Å². The lowest BCUT2D eigenvalue weighted by atomic mass is 10.1. The number of nitrogens with zero attached hydrogens (tertiary/aromatic N) is 8. The summed E-state index contributed by atoms with van der Waals surface area (Å²) >= 11 is 5.27. The van der Waals surface area contributed by atoms with Crippen molar-refractivity contribution in [2.24, 2.45) is 0 Å². The average Bonchev–Trinajstić information content (AvgIpc) is 3.77. The van der Waals surface area contributed by atoms with E-state index in [1.54, 1.807) is 0 Å². The van der Waals surface area contributed by atoms with Gasteiger partial charge in [0.05, 0.1) is 25.9 Å². The highest BCUT2D eigenvalue weighted by atomic mass is 32.7. The molecule has 45 heavy (non-hydrogen) atoms. The van der Waals surface area contributed by atoms with Crippen LogP contribution in [0.4, 0.5) is 11.6 Å². The number of aliphatic hydroxyl groups excluding tert-OH is 2. The second kappa shape index (κ2) is 11.5. The maximum Gasteiger partial charge on any atom is 0.418 e. The van der Waals surface area contributed by atoms with Gasteiger partial charge in [0.1, 0.15) is 60.3 Å². The molecule has 0 radical (unpaired) electrons. The fourth-order valence-corrected chi connectivity index (χ4v) is 8.50. The summed E-state index contributed by atoms with van der Waals surface area (Å²) in [6.45, 7) is -9.55. The molecule has 1 unspecified atom stereocenters. The van der Waals surface area contributed by atoms with E-state index in [0.29, 0.717) is 0 Å². The van der Waals surface area contributed by atoms with Crippen molar-refractivity contribution in [2.75, 3.05) is 24.7 Å². The first kappa shape index (κ1) is 30.9. The van der Waals surface area contributed by atoms with E-state index in [4.69, 9.17) is 56.5 Å². The van der Waals surface area contributed by atoms with Crippen molar-refractivity contribution in [1.82, 2.24) is 39.0 Å². The monoisotopic (exact) mass is 702 g/mol. The molecule has 7 rings (SSSR count). The van der Waals surface area contributed by atoms with Crippen LogP contribution >= 0.6 is 24.3 Å². The zero-order valence-electron chi connectivity index (χ0n) is 22.6. The van der Waals surface area contributed by atoms with Crippen LogP contribution < -0.4 is 11.5 Å². The third-order valence-corrected chi connectivity index (χ3v) is 11.5. The molecule has 240 valence electrons. The molecule has 3 aliphatic rings. The Bertz CT molecular complexity index is 1930. The van der Waals surface area contributed by atoms with Crippen LogP contribution in [0.1, 0.15) is 12.5 Å². The Balaban J connectivity index is 1.24. The molecule has 0 amide bonds. The standard InChI is InChI=1S/C21H24N10O10P2S2/c1-45-43(35)37-3-9-12(32)14(20(39-9)30-6-28-10-16(22)24-4-26-18(10)30)40-42(34,44)36-2-8-13(33)15(41-43)21(38-8)31-7-29-11-17(23)25-5-27-19(11)31/h1,4-9,12-15,20-21,32-33H,2-3H2,(H,34,44)(H2,22,24,26)(H2,23,25,27)/t8-,9-,12-,13-,14-,15-,20-,21-,42?,43-/m1/s1. The number of nitrogens with two attached hydrogens (primary N) is 2. The molecule has 3 fully saturated rings. The predicted octanol–water partition coefficient (Wildman–Crippen LogP) is -0.189. The lowest BCUT2D eigenvalue weighted by molar-refractivity contribution is -0.0600. The highest BCUT2D eigenvalue weighted by Crippen LogP contribution is 2.59. The molecule has 0 aliphatic carbocycles. The minimum absolute atomic E-state index is 0.0872. The maximum atomic E-state index is 13.8. The smallest absolute Gasteiger partial charge is 0.387 e. The van der Waals surface area contributed by atoms with Crippen molar-refractivity contribution < 1.29 is 47.2 Å². The van der Waals surface area contributed by atoms with Crippen LogP contribution in [0.2, 0.25) is 0 Å². The highest BCUT2D eigenvalue weighted by Gasteiger charge is 2.53. The first-order valence-corrected chi connectivity index (χ1v) is 18.6. The molecule has 0 aromatic carbocycles. The highest BCUT2D eigenvalue weighted by molar-refractivity contribution is 8.48. The normalized spacial score (nSPS) is 37.6. The van der Waals surface area contributed by atoms with E-state index in [1.165, 1.54) is 34.4 Å². The van der Waals surface area contributed by atoms with Crippen LogP contribution in [0.5, 0.6) is 0 Å². The molecule has 10 atom stereocenters. The van der Waals surface area contributed by atoms with Gasteiger partial charge in [-0.15, -0.1) is 0 Å². The number of hydrogen-bond donors (Lipinski definition) is 5. The summed E-state index contributed by atoms with van der Waals surface area (Å²) in [6.07, 6.45) is -5.64. The summed E-state index contributed by atoms with van der Waals surface area (Å²) in [4.78, 5) is 35.7. The van der Waals surface area contributed by atoms with Gasteiger partial charge in [-0.2, -0.15) is 0 Å². The number of aromatic nitrogens is 8. The van der Waals surface area contributed by atoms with Crippen molar-refractivity contribution in [3.05, 3.63) is 25.3 Å². The lowest BCUT2D eigenvalue weighted by Gasteiger charge is -2.27. The molecule has 20 nitrogen and oxygen atoms in total. The number of fused-ring (bicyclic) bond motifs is 6. The molecule has 7 heterocycles. The molecule has 4 aromatic rings. The number of anilines is 2. The second-order valence-corrected chi connectivity index (χ2v) is 16.4. The fourth-order valence-electron chi connectivity index (χ4n) is 5.25. The van der Waals surface area contributed by atoms with Gasteiger partial charge in [0.15, 0.2) is 35.4 Å². The SMILES string of the molecule is C#S[P@]1(=O)OC[C@H]2O[C@@H](n3cnc4c(N)ncnc43)[C@H](OP(O)(=S)OC[C@H]3O[C@@H](n4cnc5c(N)ncnc54)[C@H](O1)[C@@H]3O)[C@@H]2O. The topological polar surface area (TPSA) is 272 Å². The Kier molecular flexibility index (Phi) is 7.87. The molecular formula is C21H24N10O10P2S2. The Hall–Kier alpha value is -2.78. The fraction of sp³-hybridized carbons (Fsp3) is 0.476. The minimum Gasteiger partial charge on any atom is -0.387 e. The largest absolute Gasteiger partial charge is 0.418 e. The first-order chi connectivity index (χ1) is 21.5. The third kappa shape index (κ3) is 5.41. The third-order valence-electron chi connectivity index (χ3n) is 7.38. The Morgan fingerprint density at radius 2 is 1.33 bits per heavy atom. The van der Waals surface area contributed by atoms with Gasteiger partial charge in [0.2, 0.25) is 0 Å². The van der Waals surface area contributed by atoms with E-state index in [-0.39, 0.29) is 44.8 Å². The lowest BCUT2D eigenvalue weighted by Crippen LogP contribution is -2.37. The van der Waals surface area contributed by atoms with Crippen LogP contribution in [-0.2, 0) is 43.9 Å². The van der Waals surface area contributed by atoms with E-state index in [1.807, 2.05) is 0 Å². The van der Waals surface area contributed by atoms with Gasteiger partial charge in [-0.05, 0) is 22.6 Å².